The zero-order valence-electron chi connectivity index (χ0n) is 14.9. The van der Waals surface area contributed by atoms with Crippen LogP contribution in [0, 0.1) is 0 Å². The molecule has 2 aromatic carbocycles. The molecule has 0 spiro atoms. The number of likely N-dealkylation sites (tertiary alicyclic amines) is 1. The number of carbonyl (C=O) groups is 1. The number of hydrogen-bond donors (Lipinski definition) is 3. The Morgan fingerprint density at radius 1 is 1.15 bits per heavy atom. The molecular weight excluding hydrogens is 330 g/mol. The Hall–Kier alpha value is -3.15. The smallest absolute Gasteiger partial charge is 0.245 e. The first-order chi connectivity index (χ1) is 12.5. The molecule has 138 valence electrons. The summed E-state index contributed by atoms with van der Waals surface area (Å²) in [7, 11) is 1.55. The summed E-state index contributed by atoms with van der Waals surface area (Å²) in [6.45, 7) is 5.26. The highest BCUT2D eigenvalue weighted by atomic mass is 16.5. The van der Waals surface area contributed by atoms with Crippen molar-refractivity contribution in [3.63, 3.8) is 0 Å². The quantitative estimate of drug-likeness (QED) is 0.580. The van der Waals surface area contributed by atoms with Crippen molar-refractivity contribution in [1.29, 1.82) is 0 Å². The fourth-order valence-corrected chi connectivity index (χ4v) is 2.70. The van der Waals surface area contributed by atoms with Gasteiger partial charge in [0.1, 0.15) is 11.5 Å². The number of amides is 1. The Labute approximate surface area is 153 Å². The number of rotatable bonds is 3. The molecule has 0 saturated carbocycles. The Morgan fingerprint density at radius 3 is 2.31 bits per heavy atom. The van der Waals surface area contributed by atoms with Crippen molar-refractivity contribution in [3.05, 3.63) is 49.1 Å². The van der Waals surface area contributed by atoms with Crippen LogP contribution in [0.1, 0.15) is 12.8 Å². The first-order valence-corrected chi connectivity index (χ1v) is 8.40. The van der Waals surface area contributed by atoms with Gasteiger partial charge in [-0.15, -0.1) is 0 Å². The van der Waals surface area contributed by atoms with Crippen LogP contribution >= 0.6 is 0 Å². The largest absolute Gasteiger partial charge is 0.508 e. The standard InChI is InChI=1S/C13H14N2O2.C7H11NO/c1-17-12-7-9(6-11(14)13(12)15)8-2-4-10(16)5-3-8;1-2-7(9)8-5-3-4-6-8/h2-7,16H,14-15H2,1H3;2H,1,3-6H2. The van der Waals surface area contributed by atoms with E-state index < -0.39 is 0 Å². The lowest BCUT2D eigenvalue weighted by Gasteiger charge is -2.10. The first-order valence-electron chi connectivity index (χ1n) is 8.40. The fraction of sp³-hybridized carbons (Fsp3) is 0.250. The van der Waals surface area contributed by atoms with Crippen LogP contribution in [0.25, 0.3) is 11.1 Å². The molecule has 1 aliphatic heterocycles. The number of aromatic hydroxyl groups is 1. The highest BCUT2D eigenvalue weighted by Gasteiger charge is 2.14. The monoisotopic (exact) mass is 355 g/mol. The number of ether oxygens (including phenoxy) is 1. The maximum absolute atomic E-state index is 10.8. The molecule has 1 saturated heterocycles. The van der Waals surface area contributed by atoms with Gasteiger partial charge in [0.25, 0.3) is 0 Å². The lowest BCUT2D eigenvalue weighted by molar-refractivity contribution is -0.124. The molecule has 0 unspecified atom stereocenters. The molecule has 1 heterocycles. The van der Waals surface area contributed by atoms with E-state index in [1.54, 1.807) is 37.4 Å². The normalized spacial score (nSPS) is 12.9. The van der Waals surface area contributed by atoms with Crippen LogP contribution in [0.3, 0.4) is 0 Å². The minimum Gasteiger partial charge on any atom is -0.508 e. The van der Waals surface area contributed by atoms with E-state index in [9.17, 15) is 9.90 Å². The number of benzene rings is 2. The van der Waals surface area contributed by atoms with Crippen LogP contribution < -0.4 is 16.2 Å². The fourth-order valence-electron chi connectivity index (χ4n) is 2.70. The predicted octanol–water partition coefficient (Wildman–Crippen LogP) is 3.03. The molecule has 5 N–H and O–H groups in total. The second kappa shape index (κ2) is 8.80. The number of nitrogen functional groups attached to an aromatic ring is 2. The summed E-state index contributed by atoms with van der Waals surface area (Å²) in [4.78, 5) is 12.6. The lowest BCUT2D eigenvalue weighted by atomic mass is 10.0. The van der Waals surface area contributed by atoms with Crippen molar-refractivity contribution in [2.75, 3.05) is 31.7 Å². The van der Waals surface area contributed by atoms with Crippen molar-refractivity contribution in [1.82, 2.24) is 4.90 Å². The van der Waals surface area contributed by atoms with Crippen molar-refractivity contribution < 1.29 is 14.6 Å². The number of anilines is 2. The van der Waals surface area contributed by atoms with Gasteiger partial charge >= 0.3 is 0 Å². The third-order valence-electron chi connectivity index (χ3n) is 4.19. The highest BCUT2D eigenvalue weighted by Crippen LogP contribution is 2.34. The maximum Gasteiger partial charge on any atom is 0.245 e. The first kappa shape index (κ1) is 19.2. The molecule has 6 heteroatoms. The van der Waals surface area contributed by atoms with Crippen LogP contribution in [-0.2, 0) is 4.79 Å². The van der Waals surface area contributed by atoms with E-state index in [-0.39, 0.29) is 11.7 Å². The molecule has 1 fully saturated rings. The molecular formula is C20H25N3O3. The van der Waals surface area contributed by atoms with Gasteiger partial charge in [0, 0.05) is 13.1 Å². The van der Waals surface area contributed by atoms with Gasteiger partial charge in [-0.1, -0.05) is 18.7 Å². The molecule has 1 aliphatic rings. The van der Waals surface area contributed by atoms with Gasteiger partial charge in [-0.3, -0.25) is 4.79 Å². The summed E-state index contributed by atoms with van der Waals surface area (Å²) < 4.78 is 5.16. The third-order valence-corrected chi connectivity index (χ3v) is 4.19. The number of nitrogens with two attached hydrogens (primary N) is 2. The SMILES string of the molecule is C=CC(=O)N1CCCC1.COc1cc(-c2ccc(O)cc2)cc(N)c1N. The molecule has 1 amide bonds. The Morgan fingerprint density at radius 2 is 1.77 bits per heavy atom. The van der Waals surface area contributed by atoms with Gasteiger partial charge in [-0.25, -0.2) is 0 Å². The van der Waals surface area contributed by atoms with Crippen molar-refractivity contribution >= 4 is 17.3 Å². The number of phenols is 1. The van der Waals surface area contributed by atoms with E-state index in [0.717, 1.165) is 37.1 Å². The topological polar surface area (TPSA) is 102 Å². The Balaban J connectivity index is 0.000000228. The molecule has 3 rings (SSSR count). The van der Waals surface area contributed by atoms with Crippen molar-refractivity contribution in [2.24, 2.45) is 0 Å². The molecule has 0 bridgehead atoms. The summed E-state index contributed by atoms with van der Waals surface area (Å²) in [5.74, 6) is 0.852. The van der Waals surface area contributed by atoms with E-state index in [2.05, 4.69) is 6.58 Å². The van der Waals surface area contributed by atoms with Crippen LogP contribution in [-0.4, -0.2) is 36.1 Å². The average molecular weight is 355 g/mol. The van der Waals surface area contributed by atoms with Crippen LogP contribution in [0.5, 0.6) is 11.5 Å². The van der Waals surface area contributed by atoms with E-state index in [4.69, 9.17) is 16.2 Å². The number of hydrogen-bond acceptors (Lipinski definition) is 5. The van der Waals surface area contributed by atoms with Gasteiger partial charge < -0.3 is 26.2 Å². The molecule has 2 aromatic rings. The molecule has 6 nitrogen and oxygen atoms in total. The van der Waals surface area contributed by atoms with Gasteiger partial charge in [0.05, 0.1) is 18.5 Å². The minimum atomic E-state index is 0.0764. The molecule has 0 aromatic heterocycles. The highest BCUT2D eigenvalue weighted by molar-refractivity contribution is 5.87. The second-order valence-corrected chi connectivity index (χ2v) is 5.96. The molecule has 0 atom stereocenters. The van der Waals surface area contributed by atoms with E-state index in [0.29, 0.717) is 17.1 Å². The summed E-state index contributed by atoms with van der Waals surface area (Å²) in [6.07, 6.45) is 3.68. The predicted molar refractivity (Wildman–Crippen MR) is 105 cm³/mol. The molecule has 0 aliphatic carbocycles. The summed E-state index contributed by atoms with van der Waals surface area (Å²) in [6, 6.07) is 10.4. The van der Waals surface area contributed by atoms with E-state index in [1.807, 2.05) is 11.0 Å². The maximum atomic E-state index is 10.8. The van der Waals surface area contributed by atoms with E-state index in [1.165, 1.54) is 6.08 Å². The summed E-state index contributed by atoms with van der Waals surface area (Å²) >= 11 is 0. The van der Waals surface area contributed by atoms with Gasteiger partial charge in [-0.05, 0) is 54.3 Å². The summed E-state index contributed by atoms with van der Waals surface area (Å²) in [5, 5.41) is 9.23. The number of phenolic OH excluding ortho intramolecular Hbond substituents is 1. The zero-order chi connectivity index (χ0) is 19.1. The van der Waals surface area contributed by atoms with Gasteiger partial charge in [-0.2, -0.15) is 0 Å². The molecule has 0 radical (unpaired) electrons. The number of nitrogens with zero attached hydrogens (tertiary/aromatic N) is 1. The lowest BCUT2D eigenvalue weighted by Crippen LogP contribution is -2.25. The average Bonchev–Trinajstić information content (AvgIpc) is 3.19. The Bertz CT molecular complexity index is 767. The van der Waals surface area contributed by atoms with Crippen LogP contribution in [0.2, 0.25) is 0 Å². The zero-order valence-corrected chi connectivity index (χ0v) is 14.9. The van der Waals surface area contributed by atoms with Crippen LogP contribution in [0.15, 0.2) is 49.1 Å². The number of methoxy groups -OCH3 is 1. The summed E-state index contributed by atoms with van der Waals surface area (Å²) in [5.41, 5.74) is 14.3. The Kier molecular flexibility index (Phi) is 6.49. The molecule has 26 heavy (non-hydrogen) atoms. The third kappa shape index (κ3) is 4.69. The number of carbonyl (C=O) groups excluding carboxylic acids is 1. The van der Waals surface area contributed by atoms with Gasteiger partial charge in [0.15, 0.2) is 0 Å². The van der Waals surface area contributed by atoms with E-state index >= 15 is 0 Å². The van der Waals surface area contributed by atoms with Gasteiger partial charge in [0.2, 0.25) is 5.91 Å². The van der Waals surface area contributed by atoms with Crippen molar-refractivity contribution in [3.8, 4) is 22.6 Å². The van der Waals surface area contributed by atoms with Crippen LogP contribution in [0.4, 0.5) is 11.4 Å². The second-order valence-electron chi connectivity index (χ2n) is 5.96. The van der Waals surface area contributed by atoms with Crippen molar-refractivity contribution in [2.45, 2.75) is 12.8 Å². The minimum absolute atomic E-state index is 0.0764.